The Morgan fingerprint density at radius 2 is 2.11 bits per heavy atom. The number of fused-ring (bicyclic) bond motifs is 1. The van der Waals surface area contributed by atoms with Crippen molar-refractivity contribution < 1.29 is 17.9 Å². The van der Waals surface area contributed by atoms with Gasteiger partial charge in [0.1, 0.15) is 0 Å². The summed E-state index contributed by atoms with van der Waals surface area (Å²) in [7, 11) is -3.61. The number of carbonyl (C=O) groups is 1. The molecular weight excluding hydrogens is 272 g/mol. The van der Waals surface area contributed by atoms with Crippen molar-refractivity contribution in [3.63, 3.8) is 0 Å². The lowest BCUT2D eigenvalue weighted by Crippen LogP contribution is -2.31. The Labute approximate surface area is 113 Å². The molecule has 2 atom stereocenters. The van der Waals surface area contributed by atoms with Crippen LogP contribution < -0.4 is 0 Å². The Morgan fingerprint density at radius 3 is 2.61 bits per heavy atom. The van der Waals surface area contributed by atoms with E-state index in [4.69, 9.17) is 4.74 Å². The van der Waals surface area contributed by atoms with Crippen molar-refractivity contribution in [2.24, 2.45) is 5.92 Å². The van der Waals surface area contributed by atoms with E-state index in [1.165, 1.54) is 6.07 Å². The minimum Gasteiger partial charge on any atom is -0.464 e. The van der Waals surface area contributed by atoms with Crippen LogP contribution in [0.1, 0.15) is 12.0 Å². The average Bonchev–Trinajstić information content (AvgIpc) is 2.95. The molecule has 1 aromatic rings. The molecule has 0 radical (unpaired) electrons. The smallest absolute Gasteiger partial charge is 0.328 e. The van der Waals surface area contributed by atoms with Gasteiger partial charge in [-0.25, -0.2) is 8.42 Å². The summed E-state index contributed by atoms with van der Waals surface area (Å²) in [5.74, 6) is -0.732. The number of carbonyl (C=O) groups excluding carboxylic acids is 1. The molecule has 0 bridgehead atoms. The number of hydrogen-bond acceptors (Lipinski definition) is 4. The summed E-state index contributed by atoms with van der Waals surface area (Å²) in [4.78, 5) is 11.9. The summed E-state index contributed by atoms with van der Waals surface area (Å²) in [6.07, 6.45) is 0.405. The first-order valence-electron chi connectivity index (χ1n) is 5.47. The highest BCUT2D eigenvalue weighted by molar-refractivity contribution is 7.94. The number of aryl methyl sites for hydroxylation is 1. The fourth-order valence-corrected chi connectivity index (χ4v) is 4.71. The Hall–Kier alpha value is -1.01. The normalized spacial score (nSPS) is 29.2. The second-order valence-corrected chi connectivity index (χ2v) is 6.92. The maximum absolute atomic E-state index is 12.5. The van der Waals surface area contributed by atoms with Crippen LogP contribution in [0.5, 0.6) is 0 Å². The highest BCUT2D eigenvalue weighted by atomic mass is 32.2. The number of cyclic esters (lactones) is 1. The van der Waals surface area contributed by atoms with Gasteiger partial charge in [-0.05, 0) is 31.0 Å². The molecule has 2 fully saturated rings. The fraction of sp³-hybridized carbons (Fsp3) is 0.417. The lowest BCUT2D eigenvalue weighted by molar-refractivity contribution is -0.140. The zero-order valence-electron chi connectivity index (χ0n) is 9.84. The first kappa shape index (κ1) is 13.4. The third kappa shape index (κ3) is 1.52. The molecule has 0 aromatic heterocycles. The van der Waals surface area contributed by atoms with Crippen molar-refractivity contribution in [3.05, 3.63) is 29.8 Å². The number of esters is 1. The van der Waals surface area contributed by atoms with Crippen LogP contribution >= 0.6 is 13.5 Å². The van der Waals surface area contributed by atoms with E-state index in [0.29, 0.717) is 6.42 Å². The third-order valence-electron chi connectivity index (χ3n) is 3.59. The summed E-state index contributed by atoms with van der Waals surface area (Å²) in [6.45, 7) is 2.07. The van der Waals surface area contributed by atoms with E-state index in [2.05, 4.69) is 0 Å². The van der Waals surface area contributed by atoms with E-state index in [0.717, 1.165) is 5.56 Å². The van der Waals surface area contributed by atoms with Crippen LogP contribution in [0.4, 0.5) is 0 Å². The average molecular weight is 286 g/mol. The SMILES string of the molecule is Cc1cccc(S(=O)(=O)[C@]23C[C@H]2COC3=O)c1.S. The molecule has 1 heterocycles. The number of sulfone groups is 1. The van der Waals surface area contributed by atoms with Crippen LogP contribution in [0.15, 0.2) is 29.2 Å². The fourth-order valence-electron chi connectivity index (χ4n) is 2.48. The second kappa shape index (κ2) is 3.99. The Bertz CT molecular complexity index is 608. The first-order chi connectivity index (χ1) is 7.98. The molecule has 98 valence electrons. The molecule has 1 aliphatic heterocycles. The van der Waals surface area contributed by atoms with Gasteiger partial charge >= 0.3 is 5.97 Å². The van der Waals surface area contributed by atoms with Crippen LogP contribution in [0.25, 0.3) is 0 Å². The van der Waals surface area contributed by atoms with Crippen LogP contribution in [0.3, 0.4) is 0 Å². The largest absolute Gasteiger partial charge is 0.464 e. The van der Waals surface area contributed by atoms with E-state index >= 15 is 0 Å². The van der Waals surface area contributed by atoms with Gasteiger partial charge in [0, 0.05) is 5.92 Å². The van der Waals surface area contributed by atoms with Gasteiger partial charge in [-0.15, -0.1) is 0 Å². The zero-order chi connectivity index (χ0) is 12.3. The standard InChI is InChI=1S/C12H12O4S.H2S/c1-8-3-2-4-10(5-8)17(14,15)12-6-9(12)7-16-11(12)13;/h2-5,9H,6-7H2,1H3;1H2/t9-,12+;/m0./s1. The molecule has 1 saturated carbocycles. The van der Waals surface area contributed by atoms with Gasteiger partial charge in [-0.2, -0.15) is 13.5 Å². The number of benzene rings is 1. The van der Waals surface area contributed by atoms with Gasteiger partial charge in [-0.3, -0.25) is 4.79 Å². The summed E-state index contributed by atoms with van der Waals surface area (Å²) in [5, 5.41) is 0. The highest BCUT2D eigenvalue weighted by Gasteiger charge is 2.74. The van der Waals surface area contributed by atoms with Crippen LogP contribution in [0, 0.1) is 12.8 Å². The van der Waals surface area contributed by atoms with Crippen molar-refractivity contribution in [2.75, 3.05) is 6.61 Å². The molecule has 2 aliphatic rings. The highest BCUT2D eigenvalue weighted by Crippen LogP contribution is 2.57. The predicted molar refractivity (Wildman–Crippen MR) is 70.5 cm³/mol. The van der Waals surface area contributed by atoms with E-state index < -0.39 is 20.6 Å². The second-order valence-electron chi connectivity index (χ2n) is 4.71. The minimum atomic E-state index is -3.61. The third-order valence-corrected chi connectivity index (χ3v) is 6.09. The number of rotatable bonds is 2. The monoisotopic (exact) mass is 286 g/mol. The predicted octanol–water partition coefficient (Wildman–Crippen LogP) is 1.20. The molecule has 0 amide bonds. The maximum atomic E-state index is 12.5. The van der Waals surface area contributed by atoms with Gasteiger partial charge in [0.2, 0.25) is 0 Å². The molecule has 1 aromatic carbocycles. The molecular formula is C12H14O4S2. The Kier molecular flexibility index (Phi) is 2.98. The van der Waals surface area contributed by atoms with Gasteiger partial charge in [0.15, 0.2) is 14.6 Å². The Morgan fingerprint density at radius 1 is 1.39 bits per heavy atom. The zero-order valence-corrected chi connectivity index (χ0v) is 11.7. The summed E-state index contributed by atoms with van der Waals surface area (Å²) in [5.41, 5.74) is 0.867. The molecule has 0 unspecified atom stereocenters. The van der Waals surface area contributed by atoms with Crippen molar-refractivity contribution in [2.45, 2.75) is 23.0 Å². The summed E-state index contributed by atoms with van der Waals surface area (Å²) in [6, 6.07) is 6.66. The van der Waals surface area contributed by atoms with Crippen molar-refractivity contribution >= 4 is 29.3 Å². The molecule has 3 rings (SSSR count). The van der Waals surface area contributed by atoms with Gasteiger partial charge in [0.05, 0.1) is 11.5 Å². The molecule has 18 heavy (non-hydrogen) atoms. The molecule has 0 N–H and O–H groups in total. The maximum Gasteiger partial charge on any atom is 0.328 e. The van der Waals surface area contributed by atoms with Crippen molar-refractivity contribution in [1.29, 1.82) is 0 Å². The van der Waals surface area contributed by atoms with E-state index in [9.17, 15) is 13.2 Å². The lowest BCUT2D eigenvalue weighted by atomic mass is 10.2. The van der Waals surface area contributed by atoms with Crippen molar-refractivity contribution in [1.82, 2.24) is 0 Å². The topological polar surface area (TPSA) is 60.4 Å². The molecule has 0 spiro atoms. The molecule has 1 aliphatic carbocycles. The van der Waals surface area contributed by atoms with E-state index in [1.54, 1.807) is 12.1 Å². The number of ether oxygens (including phenoxy) is 1. The van der Waals surface area contributed by atoms with E-state index in [1.807, 2.05) is 13.0 Å². The molecule has 4 nitrogen and oxygen atoms in total. The van der Waals surface area contributed by atoms with Crippen LogP contribution in [-0.2, 0) is 19.4 Å². The van der Waals surface area contributed by atoms with Gasteiger partial charge in [0.25, 0.3) is 0 Å². The van der Waals surface area contributed by atoms with Gasteiger partial charge < -0.3 is 4.74 Å². The van der Waals surface area contributed by atoms with Crippen molar-refractivity contribution in [3.8, 4) is 0 Å². The van der Waals surface area contributed by atoms with E-state index in [-0.39, 0.29) is 30.9 Å². The molecule has 1 saturated heterocycles. The van der Waals surface area contributed by atoms with Crippen LogP contribution in [0.2, 0.25) is 0 Å². The van der Waals surface area contributed by atoms with Gasteiger partial charge in [-0.1, -0.05) is 12.1 Å². The summed E-state index contributed by atoms with van der Waals surface area (Å²) >= 11 is 0. The van der Waals surface area contributed by atoms with Crippen LogP contribution in [-0.4, -0.2) is 25.7 Å². The number of hydrogen-bond donors (Lipinski definition) is 0. The minimum absolute atomic E-state index is 0. The first-order valence-corrected chi connectivity index (χ1v) is 6.95. The lowest BCUT2D eigenvalue weighted by Gasteiger charge is -2.11. The summed E-state index contributed by atoms with van der Waals surface area (Å²) < 4.78 is 28.5. The molecule has 6 heteroatoms. The Balaban J connectivity index is 0.00000120. The quantitative estimate of drug-likeness (QED) is 0.766.